The highest BCUT2D eigenvalue weighted by Crippen LogP contribution is 2.03. The summed E-state index contributed by atoms with van der Waals surface area (Å²) < 4.78 is 0. The van der Waals surface area contributed by atoms with Crippen molar-refractivity contribution < 1.29 is 9.80 Å². The maximum Gasteiger partial charge on any atom is 0.127 e. The van der Waals surface area contributed by atoms with E-state index in [1.807, 2.05) is 0 Å². The molecular weight excluding hydrogens is 220 g/mol. The Morgan fingerprint density at radius 2 is 1.39 bits per heavy atom. The van der Waals surface area contributed by atoms with Crippen LogP contribution in [0.25, 0.3) is 0 Å². The van der Waals surface area contributed by atoms with Crippen LogP contribution < -0.4 is 9.80 Å². The smallest absolute Gasteiger partial charge is 0.127 e. The van der Waals surface area contributed by atoms with Gasteiger partial charge in [0.05, 0.1) is 20.1 Å². The van der Waals surface area contributed by atoms with E-state index in [1.54, 1.807) is 9.80 Å². The second kappa shape index (κ2) is 8.28. The standard InChI is InChI=1S/C16H28N2/c1-5-15-8-10-16(11-9-15)14-17(4)12-13-18(6-2)7-3/h8-11H,5-7,12-14H2,1-4H3/p+2. The van der Waals surface area contributed by atoms with E-state index >= 15 is 0 Å². The predicted octanol–water partition coefficient (Wildman–Crippen LogP) is 0.188. The van der Waals surface area contributed by atoms with Crippen molar-refractivity contribution in [2.45, 2.75) is 33.7 Å². The van der Waals surface area contributed by atoms with Crippen LogP contribution in [-0.4, -0.2) is 33.2 Å². The van der Waals surface area contributed by atoms with Gasteiger partial charge in [-0.05, 0) is 25.8 Å². The van der Waals surface area contributed by atoms with Crippen molar-refractivity contribution in [3.8, 4) is 0 Å². The molecule has 0 heterocycles. The fourth-order valence-corrected chi connectivity index (χ4v) is 2.32. The van der Waals surface area contributed by atoms with E-state index in [0.717, 1.165) is 13.0 Å². The molecule has 0 fully saturated rings. The Balaban J connectivity index is 2.36. The van der Waals surface area contributed by atoms with E-state index in [1.165, 1.54) is 37.3 Å². The highest BCUT2D eigenvalue weighted by atomic mass is 15.2. The van der Waals surface area contributed by atoms with Crippen molar-refractivity contribution in [3.63, 3.8) is 0 Å². The number of rotatable bonds is 8. The molecule has 2 nitrogen and oxygen atoms in total. The average Bonchev–Trinajstić information content (AvgIpc) is 2.41. The number of likely N-dealkylation sites (N-methyl/N-ethyl adjacent to an activating group) is 2. The van der Waals surface area contributed by atoms with Crippen LogP contribution in [0, 0.1) is 0 Å². The Labute approximate surface area is 113 Å². The number of quaternary nitrogens is 2. The summed E-state index contributed by atoms with van der Waals surface area (Å²) in [5.74, 6) is 0. The van der Waals surface area contributed by atoms with Crippen molar-refractivity contribution >= 4 is 0 Å². The van der Waals surface area contributed by atoms with Gasteiger partial charge in [-0.2, -0.15) is 0 Å². The van der Waals surface area contributed by atoms with Crippen LogP contribution >= 0.6 is 0 Å². The Bertz CT molecular complexity index is 314. The molecule has 1 atom stereocenters. The van der Waals surface area contributed by atoms with E-state index in [-0.39, 0.29) is 0 Å². The van der Waals surface area contributed by atoms with Gasteiger partial charge in [0.15, 0.2) is 0 Å². The molecule has 0 aliphatic carbocycles. The first kappa shape index (κ1) is 15.2. The zero-order chi connectivity index (χ0) is 13.4. The molecular formula is C16H30N2+2. The summed E-state index contributed by atoms with van der Waals surface area (Å²) in [6, 6.07) is 9.09. The van der Waals surface area contributed by atoms with Gasteiger partial charge in [-0.3, -0.25) is 0 Å². The number of benzene rings is 1. The van der Waals surface area contributed by atoms with Crippen molar-refractivity contribution in [1.29, 1.82) is 0 Å². The molecule has 1 rings (SSSR count). The predicted molar refractivity (Wildman–Crippen MR) is 78.2 cm³/mol. The molecule has 1 unspecified atom stereocenters. The van der Waals surface area contributed by atoms with Crippen molar-refractivity contribution in [2.75, 3.05) is 33.2 Å². The minimum atomic E-state index is 1.13. The highest BCUT2D eigenvalue weighted by Gasteiger charge is 2.08. The molecule has 0 amide bonds. The maximum absolute atomic E-state index is 2.30. The second-order valence-electron chi connectivity index (χ2n) is 5.26. The highest BCUT2D eigenvalue weighted by molar-refractivity contribution is 5.21. The van der Waals surface area contributed by atoms with Crippen molar-refractivity contribution in [3.05, 3.63) is 35.4 Å². The van der Waals surface area contributed by atoms with Gasteiger partial charge in [0, 0.05) is 5.56 Å². The molecule has 0 spiro atoms. The molecule has 102 valence electrons. The van der Waals surface area contributed by atoms with Crippen LogP contribution in [0.2, 0.25) is 0 Å². The normalized spacial score (nSPS) is 12.9. The zero-order valence-corrected chi connectivity index (χ0v) is 12.6. The van der Waals surface area contributed by atoms with Crippen LogP contribution in [0.3, 0.4) is 0 Å². The second-order valence-corrected chi connectivity index (χ2v) is 5.26. The number of aryl methyl sites for hydroxylation is 1. The Morgan fingerprint density at radius 3 is 1.89 bits per heavy atom. The summed E-state index contributed by atoms with van der Waals surface area (Å²) in [5, 5.41) is 0. The minimum absolute atomic E-state index is 1.13. The molecule has 2 N–H and O–H groups in total. The Morgan fingerprint density at radius 1 is 0.833 bits per heavy atom. The van der Waals surface area contributed by atoms with Crippen molar-refractivity contribution in [1.82, 2.24) is 0 Å². The number of hydrogen-bond donors (Lipinski definition) is 2. The van der Waals surface area contributed by atoms with Crippen molar-refractivity contribution in [2.24, 2.45) is 0 Å². The fraction of sp³-hybridized carbons (Fsp3) is 0.625. The Hall–Kier alpha value is -0.860. The fourth-order valence-electron chi connectivity index (χ4n) is 2.32. The minimum Gasteiger partial charge on any atom is -0.331 e. The summed E-state index contributed by atoms with van der Waals surface area (Å²) in [5.41, 5.74) is 2.89. The molecule has 1 aromatic carbocycles. The lowest BCUT2D eigenvalue weighted by molar-refractivity contribution is -0.953. The quantitative estimate of drug-likeness (QED) is 0.652. The first-order valence-electron chi connectivity index (χ1n) is 7.42. The molecule has 0 aliphatic heterocycles. The SMILES string of the molecule is CCc1ccc(C[NH+](C)CC[NH+](CC)CC)cc1. The maximum atomic E-state index is 2.30. The monoisotopic (exact) mass is 250 g/mol. The lowest BCUT2D eigenvalue weighted by atomic mass is 10.1. The lowest BCUT2D eigenvalue weighted by Crippen LogP contribution is -3.18. The summed E-state index contributed by atoms with van der Waals surface area (Å²) in [4.78, 5) is 3.31. The third-order valence-corrected chi connectivity index (χ3v) is 3.84. The third kappa shape index (κ3) is 5.19. The summed E-state index contributed by atoms with van der Waals surface area (Å²) in [6.07, 6.45) is 1.13. The molecule has 1 aromatic rings. The van der Waals surface area contributed by atoms with Crippen LogP contribution in [0.5, 0.6) is 0 Å². The molecule has 18 heavy (non-hydrogen) atoms. The van der Waals surface area contributed by atoms with Gasteiger partial charge in [0.1, 0.15) is 19.6 Å². The van der Waals surface area contributed by atoms with Gasteiger partial charge in [-0.15, -0.1) is 0 Å². The first-order chi connectivity index (χ1) is 8.69. The van der Waals surface area contributed by atoms with Gasteiger partial charge in [0.25, 0.3) is 0 Å². The largest absolute Gasteiger partial charge is 0.331 e. The molecule has 0 aromatic heterocycles. The molecule has 0 radical (unpaired) electrons. The molecule has 0 saturated heterocycles. The van der Waals surface area contributed by atoms with E-state index < -0.39 is 0 Å². The van der Waals surface area contributed by atoms with Gasteiger partial charge < -0.3 is 9.80 Å². The van der Waals surface area contributed by atoms with E-state index in [2.05, 4.69) is 52.1 Å². The van der Waals surface area contributed by atoms with E-state index in [0.29, 0.717) is 0 Å². The van der Waals surface area contributed by atoms with Crippen LogP contribution in [0.4, 0.5) is 0 Å². The summed E-state index contributed by atoms with van der Waals surface area (Å²) in [7, 11) is 2.30. The zero-order valence-electron chi connectivity index (χ0n) is 12.6. The summed E-state index contributed by atoms with van der Waals surface area (Å²) in [6.45, 7) is 12.9. The topological polar surface area (TPSA) is 8.88 Å². The average molecular weight is 250 g/mol. The third-order valence-electron chi connectivity index (χ3n) is 3.84. The molecule has 0 saturated carbocycles. The molecule has 0 bridgehead atoms. The van der Waals surface area contributed by atoms with Gasteiger partial charge >= 0.3 is 0 Å². The van der Waals surface area contributed by atoms with Crippen LogP contribution in [0.1, 0.15) is 31.9 Å². The number of nitrogens with one attached hydrogen (secondary N) is 2. The van der Waals surface area contributed by atoms with Crippen LogP contribution in [0.15, 0.2) is 24.3 Å². The molecule has 0 aliphatic rings. The summed E-state index contributed by atoms with van der Waals surface area (Å²) >= 11 is 0. The van der Waals surface area contributed by atoms with Gasteiger partial charge in [0.2, 0.25) is 0 Å². The first-order valence-corrected chi connectivity index (χ1v) is 7.42. The van der Waals surface area contributed by atoms with Gasteiger partial charge in [-0.25, -0.2) is 0 Å². The lowest BCUT2D eigenvalue weighted by Gasteiger charge is -2.19. The van der Waals surface area contributed by atoms with Gasteiger partial charge in [-0.1, -0.05) is 31.2 Å². The van der Waals surface area contributed by atoms with Crippen LogP contribution in [-0.2, 0) is 13.0 Å². The molecule has 2 heteroatoms. The number of hydrogen-bond acceptors (Lipinski definition) is 0. The van der Waals surface area contributed by atoms with E-state index in [9.17, 15) is 0 Å². The van der Waals surface area contributed by atoms with E-state index in [4.69, 9.17) is 0 Å². The Kier molecular flexibility index (Phi) is 6.99.